The lowest BCUT2D eigenvalue weighted by Gasteiger charge is -2.39. The molecule has 0 atom stereocenters. The van der Waals surface area contributed by atoms with Gasteiger partial charge in [-0.25, -0.2) is 4.39 Å². The zero-order chi connectivity index (χ0) is 17.8. The molecule has 0 radical (unpaired) electrons. The molecule has 2 aliphatic rings. The van der Waals surface area contributed by atoms with E-state index in [0.717, 1.165) is 38.2 Å². The van der Waals surface area contributed by atoms with Gasteiger partial charge in [0, 0.05) is 29.1 Å². The summed E-state index contributed by atoms with van der Waals surface area (Å²) in [7, 11) is 0. The summed E-state index contributed by atoms with van der Waals surface area (Å²) in [5, 5.41) is 7.21. The molecule has 3 nitrogen and oxygen atoms in total. The maximum absolute atomic E-state index is 13.9. The summed E-state index contributed by atoms with van der Waals surface area (Å²) in [6.07, 6.45) is 4.76. The number of piperidine rings is 1. The summed E-state index contributed by atoms with van der Waals surface area (Å²) in [5.74, 6) is 0.673. The van der Waals surface area contributed by atoms with Gasteiger partial charge in [0.2, 0.25) is 0 Å². The van der Waals surface area contributed by atoms with E-state index in [1.54, 1.807) is 12.1 Å². The molecule has 1 saturated carbocycles. The van der Waals surface area contributed by atoms with Crippen molar-refractivity contribution < 1.29 is 9.13 Å². The first-order valence-electron chi connectivity index (χ1n) is 9.67. The fourth-order valence-corrected chi connectivity index (χ4v) is 3.88. The van der Waals surface area contributed by atoms with Crippen molar-refractivity contribution in [1.29, 1.82) is 0 Å². The Morgan fingerprint density at radius 3 is 2.54 bits per heavy atom. The number of halogens is 1. The third-order valence-electron chi connectivity index (χ3n) is 5.67. The molecule has 4 rings (SSSR count). The van der Waals surface area contributed by atoms with Crippen LogP contribution in [0.5, 0.6) is 5.75 Å². The van der Waals surface area contributed by atoms with Gasteiger partial charge < -0.3 is 15.4 Å². The topological polar surface area (TPSA) is 33.3 Å². The van der Waals surface area contributed by atoms with Crippen molar-refractivity contribution in [3.63, 3.8) is 0 Å². The molecule has 4 heteroatoms. The van der Waals surface area contributed by atoms with Crippen molar-refractivity contribution in [2.45, 2.75) is 43.7 Å². The zero-order valence-electron chi connectivity index (χ0n) is 15.1. The minimum Gasteiger partial charge on any atom is -0.488 e. The number of rotatable bonds is 7. The monoisotopic (exact) mass is 354 g/mol. The molecule has 2 aromatic carbocycles. The van der Waals surface area contributed by atoms with Crippen molar-refractivity contribution in [2.75, 3.05) is 19.6 Å². The van der Waals surface area contributed by atoms with Gasteiger partial charge in [-0.05, 0) is 50.9 Å². The number of para-hydroxylation sites is 1. The van der Waals surface area contributed by atoms with E-state index in [0.29, 0.717) is 11.6 Å². The van der Waals surface area contributed by atoms with Gasteiger partial charge >= 0.3 is 0 Å². The van der Waals surface area contributed by atoms with Gasteiger partial charge in [-0.2, -0.15) is 0 Å². The SMILES string of the molecule is Fc1ccccc1COc1ccccc1C1(CNC2CC2)CCNCC1. The van der Waals surface area contributed by atoms with Crippen molar-refractivity contribution in [2.24, 2.45) is 0 Å². The smallest absolute Gasteiger partial charge is 0.129 e. The predicted molar refractivity (Wildman–Crippen MR) is 102 cm³/mol. The molecular formula is C22H27FN2O. The van der Waals surface area contributed by atoms with Gasteiger partial charge in [-0.1, -0.05) is 36.4 Å². The van der Waals surface area contributed by atoms with E-state index < -0.39 is 0 Å². The lowest BCUT2D eigenvalue weighted by molar-refractivity contribution is 0.258. The Kier molecular flexibility index (Phi) is 5.23. The highest BCUT2D eigenvalue weighted by molar-refractivity contribution is 5.41. The van der Waals surface area contributed by atoms with Crippen LogP contribution in [0.15, 0.2) is 48.5 Å². The molecular weight excluding hydrogens is 327 g/mol. The first-order chi connectivity index (χ1) is 12.8. The maximum Gasteiger partial charge on any atom is 0.129 e. The van der Waals surface area contributed by atoms with E-state index in [1.807, 2.05) is 18.2 Å². The average Bonchev–Trinajstić information content (AvgIpc) is 3.51. The van der Waals surface area contributed by atoms with Crippen LogP contribution < -0.4 is 15.4 Å². The minimum atomic E-state index is -0.211. The molecule has 0 spiro atoms. The van der Waals surface area contributed by atoms with E-state index in [4.69, 9.17) is 4.74 Å². The molecule has 0 aromatic heterocycles. The van der Waals surface area contributed by atoms with Gasteiger partial charge in [0.15, 0.2) is 0 Å². The summed E-state index contributed by atoms with van der Waals surface area (Å²) in [5.41, 5.74) is 1.93. The van der Waals surface area contributed by atoms with Crippen LogP contribution >= 0.6 is 0 Å². The zero-order valence-corrected chi connectivity index (χ0v) is 15.1. The molecule has 1 aliphatic heterocycles. The Morgan fingerprint density at radius 2 is 1.77 bits per heavy atom. The molecule has 138 valence electrons. The molecule has 1 heterocycles. The van der Waals surface area contributed by atoms with E-state index in [1.165, 1.54) is 24.5 Å². The van der Waals surface area contributed by atoms with Crippen LogP contribution in [0.4, 0.5) is 4.39 Å². The van der Waals surface area contributed by atoms with Crippen molar-refractivity contribution >= 4 is 0 Å². The maximum atomic E-state index is 13.9. The van der Waals surface area contributed by atoms with Crippen LogP contribution in [-0.4, -0.2) is 25.7 Å². The molecule has 2 N–H and O–H groups in total. The van der Waals surface area contributed by atoms with Gasteiger partial charge in [0.25, 0.3) is 0 Å². The van der Waals surface area contributed by atoms with Crippen LogP contribution in [0.3, 0.4) is 0 Å². The number of nitrogens with one attached hydrogen (secondary N) is 2. The average molecular weight is 354 g/mol. The Hall–Kier alpha value is -1.91. The molecule has 26 heavy (non-hydrogen) atoms. The Labute approximate surface area is 155 Å². The largest absolute Gasteiger partial charge is 0.488 e. The first-order valence-corrected chi connectivity index (χ1v) is 9.67. The minimum absolute atomic E-state index is 0.0830. The summed E-state index contributed by atoms with van der Waals surface area (Å²) in [6.45, 7) is 3.29. The van der Waals surface area contributed by atoms with Crippen LogP contribution in [0, 0.1) is 5.82 Å². The lowest BCUT2D eigenvalue weighted by atomic mass is 9.72. The first kappa shape index (κ1) is 17.5. The second kappa shape index (κ2) is 7.77. The molecule has 0 amide bonds. The summed E-state index contributed by atoms with van der Waals surface area (Å²) >= 11 is 0. The van der Waals surface area contributed by atoms with E-state index >= 15 is 0 Å². The number of benzene rings is 2. The molecule has 1 saturated heterocycles. The van der Waals surface area contributed by atoms with Gasteiger partial charge in [-0.3, -0.25) is 0 Å². The number of ether oxygens (including phenoxy) is 1. The Bertz CT molecular complexity index is 738. The quantitative estimate of drug-likeness (QED) is 0.794. The van der Waals surface area contributed by atoms with Gasteiger partial charge in [-0.15, -0.1) is 0 Å². The third-order valence-corrected chi connectivity index (χ3v) is 5.67. The van der Waals surface area contributed by atoms with Crippen LogP contribution in [0.2, 0.25) is 0 Å². The number of hydrogen-bond acceptors (Lipinski definition) is 3. The lowest BCUT2D eigenvalue weighted by Crippen LogP contribution is -2.47. The highest BCUT2D eigenvalue weighted by atomic mass is 19.1. The Balaban J connectivity index is 1.57. The predicted octanol–water partition coefficient (Wildman–Crippen LogP) is 3.78. The van der Waals surface area contributed by atoms with Crippen molar-refractivity contribution in [1.82, 2.24) is 10.6 Å². The van der Waals surface area contributed by atoms with E-state index in [2.05, 4.69) is 22.8 Å². The molecule has 2 fully saturated rings. The second-order valence-corrected chi connectivity index (χ2v) is 7.56. The molecule has 0 bridgehead atoms. The standard InChI is InChI=1S/C22H27FN2O/c23-20-7-3-1-5-17(20)15-26-21-8-4-2-6-19(21)22(11-13-24-14-12-22)16-25-18-9-10-18/h1-8,18,24-25H,9-16H2. The second-order valence-electron chi connectivity index (χ2n) is 7.56. The van der Waals surface area contributed by atoms with Gasteiger partial charge in [0.05, 0.1) is 0 Å². The Morgan fingerprint density at radius 1 is 1.04 bits per heavy atom. The fourth-order valence-electron chi connectivity index (χ4n) is 3.88. The van der Waals surface area contributed by atoms with Crippen LogP contribution in [0.25, 0.3) is 0 Å². The van der Waals surface area contributed by atoms with E-state index in [9.17, 15) is 4.39 Å². The molecule has 1 aliphatic carbocycles. The van der Waals surface area contributed by atoms with Crippen LogP contribution in [-0.2, 0) is 12.0 Å². The van der Waals surface area contributed by atoms with Crippen molar-refractivity contribution in [3.8, 4) is 5.75 Å². The normalized spacial score (nSPS) is 19.3. The summed E-state index contributed by atoms with van der Waals surface area (Å²) in [4.78, 5) is 0. The molecule has 0 unspecified atom stereocenters. The highest BCUT2D eigenvalue weighted by Gasteiger charge is 2.37. The highest BCUT2D eigenvalue weighted by Crippen LogP contribution is 2.39. The summed E-state index contributed by atoms with van der Waals surface area (Å²) < 4.78 is 20.1. The van der Waals surface area contributed by atoms with Gasteiger partial charge in [0.1, 0.15) is 18.2 Å². The summed E-state index contributed by atoms with van der Waals surface area (Å²) in [6, 6.07) is 15.8. The number of hydrogen-bond donors (Lipinski definition) is 2. The van der Waals surface area contributed by atoms with E-state index in [-0.39, 0.29) is 17.8 Å². The van der Waals surface area contributed by atoms with Crippen molar-refractivity contribution in [3.05, 3.63) is 65.5 Å². The third kappa shape index (κ3) is 3.92. The molecule has 2 aromatic rings. The fraction of sp³-hybridized carbons (Fsp3) is 0.455. The van der Waals surface area contributed by atoms with Crippen LogP contribution in [0.1, 0.15) is 36.8 Å².